The van der Waals surface area contributed by atoms with Gasteiger partial charge in [0.15, 0.2) is 0 Å². The summed E-state index contributed by atoms with van der Waals surface area (Å²) in [5.41, 5.74) is 0. The molecule has 1 atom stereocenters. The van der Waals surface area contributed by atoms with Gasteiger partial charge in [-0.3, -0.25) is 4.79 Å². The van der Waals surface area contributed by atoms with Gasteiger partial charge in [-0.25, -0.2) is 4.98 Å². The molecule has 2 rings (SSSR count). The summed E-state index contributed by atoms with van der Waals surface area (Å²) in [7, 11) is 1.95. The van der Waals surface area contributed by atoms with Crippen molar-refractivity contribution in [2.75, 3.05) is 19.8 Å². The summed E-state index contributed by atoms with van der Waals surface area (Å²) in [6.45, 7) is 2.24. The van der Waals surface area contributed by atoms with Crippen molar-refractivity contribution >= 4 is 5.78 Å². The van der Waals surface area contributed by atoms with E-state index in [-0.39, 0.29) is 11.8 Å². The van der Waals surface area contributed by atoms with Crippen molar-refractivity contribution in [2.24, 2.45) is 7.05 Å². The number of aromatic nitrogens is 2. The molecule has 2 heterocycles. The van der Waals surface area contributed by atoms with E-state index in [0.717, 1.165) is 25.4 Å². The average Bonchev–Trinajstić information content (AvgIpc) is 2.74. The molecule has 0 aromatic carbocycles. The highest BCUT2D eigenvalue weighted by molar-refractivity contribution is 5.79. The molecule has 1 aromatic rings. The van der Waals surface area contributed by atoms with Gasteiger partial charge < -0.3 is 14.6 Å². The van der Waals surface area contributed by atoms with Crippen LogP contribution in [0, 0.1) is 0 Å². The van der Waals surface area contributed by atoms with E-state index in [0.29, 0.717) is 19.4 Å². The Hall–Kier alpha value is -1.20. The average molecular weight is 237 g/mol. The molecular weight excluding hydrogens is 218 g/mol. The molecule has 0 bridgehead atoms. The standard InChI is InChI=1S/C12H19N3O2/c1-15-6-4-14-12(15)3-2-11(16)8-10-9-17-7-5-13-10/h4,6,10,13H,2-3,5,7-9H2,1H3. The van der Waals surface area contributed by atoms with Gasteiger partial charge in [-0.2, -0.15) is 0 Å². The SMILES string of the molecule is Cn1ccnc1CCC(=O)CC1COCCN1. The van der Waals surface area contributed by atoms with Gasteiger partial charge in [-0.05, 0) is 0 Å². The highest BCUT2D eigenvalue weighted by Crippen LogP contribution is 2.05. The van der Waals surface area contributed by atoms with Crippen molar-refractivity contribution < 1.29 is 9.53 Å². The van der Waals surface area contributed by atoms with E-state index in [9.17, 15) is 4.79 Å². The fraction of sp³-hybridized carbons (Fsp3) is 0.667. The van der Waals surface area contributed by atoms with Gasteiger partial charge in [0.25, 0.3) is 0 Å². The molecule has 94 valence electrons. The highest BCUT2D eigenvalue weighted by Gasteiger charge is 2.16. The van der Waals surface area contributed by atoms with Gasteiger partial charge in [-0.1, -0.05) is 0 Å². The van der Waals surface area contributed by atoms with Crippen LogP contribution < -0.4 is 5.32 Å². The maximum absolute atomic E-state index is 11.8. The summed E-state index contributed by atoms with van der Waals surface area (Å²) in [6, 6.07) is 0.192. The molecule has 5 nitrogen and oxygen atoms in total. The molecule has 0 amide bonds. The minimum absolute atomic E-state index is 0.192. The first-order valence-electron chi connectivity index (χ1n) is 6.05. The molecule has 1 aromatic heterocycles. The van der Waals surface area contributed by atoms with E-state index in [4.69, 9.17) is 4.74 Å². The van der Waals surface area contributed by atoms with E-state index in [1.807, 2.05) is 17.8 Å². The number of Topliss-reactive ketones (excluding diaryl/α,β-unsaturated/α-hetero) is 1. The Morgan fingerprint density at radius 1 is 1.71 bits per heavy atom. The van der Waals surface area contributed by atoms with Gasteiger partial charge in [0.1, 0.15) is 11.6 Å². The van der Waals surface area contributed by atoms with E-state index >= 15 is 0 Å². The Labute approximate surface area is 101 Å². The first-order chi connectivity index (χ1) is 8.25. The number of nitrogens with one attached hydrogen (secondary N) is 1. The zero-order chi connectivity index (χ0) is 12.1. The van der Waals surface area contributed by atoms with Crippen LogP contribution in [0.4, 0.5) is 0 Å². The van der Waals surface area contributed by atoms with E-state index in [1.165, 1.54) is 0 Å². The minimum Gasteiger partial charge on any atom is -0.379 e. The lowest BCUT2D eigenvalue weighted by Gasteiger charge is -2.23. The molecule has 1 saturated heterocycles. The second-order valence-corrected chi connectivity index (χ2v) is 4.42. The predicted molar refractivity (Wildman–Crippen MR) is 63.8 cm³/mol. The van der Waals surface area contributed by atoms with Crippen LogP contribution >= 0.6 is 0 Å². The molecule has 1 unspecified atom stereocenters. The molecule has 1 N–H and O–H groups in total. The van der Waals surface area contributed by atoms with Crippen molar-refractivity contribution in [3.8, 4) is 0 Å². The van der Waals surface area contributed by atoms with Crippen molar-refractivity contribution in [2.45, 2.75) is 25.3 Å². The van der Waals surface area contributed by atoms with E-state index < -0.39 is 0 Å². The zero-order valence-electron chi connectivity index (χ0n) is 10.2. The van der Waals surface area contributed by atoms with Crippen molar-refractivity contribution in [1.82, 2.24) is 14.9 Å². The second-order valence-electron chi connectivity index (χ2n) is 4.42. The van der Waals surface area contributed by atoms with Crippen LogP contribution in [0.5, 0.6) is 0 Å². The molecular formula is C12H19N3O2. The first-order valence-corrected chi connectivity index (χ1v) is 6.05. The Kier molecular flexibility index (Phi) is 4.28. The zero-order valence-corrected chi connectivity index (χ0v) is 10.2. The lowest BCUT2D eigenvalue weighted by molar-refractivity contribution is -0.120. The quantitative estimate of drug-likeness (QED) is 0.800. The smallest absolute Gasteiger partial charge is 0.135 e. The third-order valence-corrected chi connectivity index (χ3v) is 3.02. The number of morpholine rings is 1. The van der Waals surface area contributed by atoms with Crippen molar-refractivity contribution in [3.63, 3.8) is 0 Å². The number of carbonyl (C=O) groups excluding carboxylic acids is 1. The van der Waals surface area contributed by atoms with Gasteiger partial charge in [0, 0.05) is 51.3 Å². The van der Waals surface area contributed by atoms with Crippen LogP contribution in [0.25, 0.3) is 0 Å². The Morgan fingerprint density at radius 2 is 2.59 bits per heavy atom. The molecule has 17 heavy (non-hydrogen) atoms. The van der Waals surface area contributed by atoms with E-state index in [1.54, 1.807) is 6.20 Å². The van der Waals surface area contributed by atoms with Gasteiger partial charge in [-0.15, -0.1) is 0 Å². The number of hydrogen-bond donors (Lipinski definition) is 1. The normalized spacial score (nSPS) is 20.4. The van der Waals surface area contributed by atoms with Gasteiger partial charge in [0.05, 0.1) is 13.2 Å². The molecule has 0 saturated carbocycles. The summed E-state index contributed by atoms with van der Waals surface area (Å²) in [5.74, 6) is 1.24. The Bertz CT molecular complexity index is 370. The molecule has 1 aliphatic rings. The summed E-state index contributed by atoms with van der Waals surface area (Å²) < 4.78 is 7.27. The molecule has 5 heteroatoms. The van der Waals surface area contributed by atoms with Gasteiger partial charge in [0.2, 0.25) is 0 Å². The highest BCUT2D eigenvalue weighted by atomic mass is 16.5. The maximum atomic E-state index is 11.8. The van der Waals surface area contributed by atoms with Crippen LogP contribution in [-0.2, 0) is 23.0 Å². The summed E-state index contributed by atoms with van der Waals surface area (Å²) in [5, 5.41) is 3.29. The number of carbonyl (C=O) groups is 1. The Morgan fingerprint density at radius 3 is 3.24 bits per heavy atom. The molecule has 1 fully saturated rings. The number of aryl methyl sites for hydroxylation is 2. The van der Waals surface area contributed by atoms with Crippen LogP contribution in [0.15, 0.2) is 12.4 Å². The predicted octanol–water partition coefficient (Wildman–Crippen LogP) is 0.300. The Balaban J connectivity index is 1.72. The number of ketones is 1. The van der Waals surface area contributed by atoms with Crippen molar-refractivity contribution in [3.05, 3.63) is 18.2 Å². The third kappa shape index (κ3) is 3.64. The molecule has 0 spiro atoms. The van der Waals surface area contributed by atoms with Crippen LogP contribution in [0.1, 0.15) is 18.7 Å². The number of nitrogens with zero attached hydrogens (tertiary/aromatic N) is 2. The number of imidazole rings is 1. The second kappa shape index (κ2) is 5.93. The topological polar surface area (TPSA) is 56.2 Å². The van der Waals surface area contributed by atoms with Crippen LogP contribution in [0.2, 0.25) is 0 Å². The monoisotopic (exact) mass is 237 g/mol. The maximum Gasteiger partial charge on any atom is 0.135 e. The minimum atomic E-state index is 0.192. The molecule has 0 radical (unpaired) electrons. The van der Waals surface area contributed by atoms with E-state index in [2.05, 4.69) is 10.3 Å². The fourth-order valence-corrected chi connectivity index (χ4v) is 2.02. The summed E-state index contributed by atoms with van der Waals surface area (Å²) in [4.78, 5) is 16.0. The largest absolute Gasteiger partial charge is 0.379 e. The number of hydrogen-bond acceptors (Lipinski definition) is 4. The number of ether oxygens (including phenoxy) is 1. The lowest BCUT2D eigenvalue weighted by atomic mass is 10.1. The van der Waals surface area contributed by atoms with Crippen LogP contribution in [-0.4, -0.2) is 41.1 Å². The first kappa shape index (κ1) is 12.3. The lowest BCUT2D eigenvalue weighted by Crippen LogP contribution is -2.42. The van der Waals surface area contributed by atoms with Gasteiger partial charge >= 0.3 is 0 Å². The molecule has 0 aliphatic carbocycles. The third-order valence-electron chi connectivity index (χ3n) is 3.02. The summed E-state index contributed by atoms with van der Waals surface area (Å²) >= 11 is 0. The summed E-state index contributed by atoms with van der Waals surface area (Å²) in [6.07, 6.45) is 5.50. The number of rotatable bonds is 5. The molecule has 1 aliphatic heterocycles. The fourth-order valence-electron chi connectivity index (χ4n) is 2.02. The van der Waals surface area contributed by atoms with Crippen LogP contribution in [0.3, 0.4) is 0 Å². The van der Waals surface area contributed by atoms with Crippen molar-refractivity contribution in [1.29, 1.82) is 0 Å².